The number of rotatable bonds is 1. The maximum atomic E-state index is 13.7. The standard InChI is InChI=1S/C13H8F4O2/c14-12-5-8(13(15,16)17)1-2-11(12)7-3-9(18)6-10(19)4-7/h1-6,18-19H. The Morgan fingerprint density at radius 3 is 1.89 bits per heavy atom. The van der Waals surface area contributed by atoms with Crippen LogP contribution in [0.15, 0.2) is 36.4 Å². The lowest BCUT2D eigenvalue weighted by atomic mass is 10.0. The molecule has 0 spiro atoms. The zero-order valence-corrected chi connectivity index (χ0v) is 9.37. The molecule has 0 unspecified atom stereocenters. The van der Waals surface area contributed by atoms with Crippen molar-refractivity contribution in [2.24, 2.45) is 0 Å². The van der Waals surface area contributed by atoms with Gasteiger partial charge in [0, 0.05) is 11.6 Å². The number of benzene rings is 2. The molecule has 0 saturated carbocycles. The lowest BCUT2D eigenvalue weighted by Crippen LogP contribution is -2.05. The van der Waals surface area contributed by atoms with Crippen molar-refractivity contribution < 1.29 is 27.8 Å². The topological polar surface area (TPSA) is 40.5 Å². The first-order valence-electron chi connectivity index (χ1n) is 5.17. The molecule has 0 aliphatic carbocycles. The molecule has 2 N–H and O–H groups in total. The van der Waals surface area contributed by atoms with Gasteiger partial charge in [-0.2, -0.15) is 13.2 Å². The van der Waals surface area contributed by atoms with Gasteiger partial charge in [0.15, 0.2) is 0 Å². The first-order chi connectivity index (χ1) is 8.77. The van der Waals surface area contributed by atoms with Crippen molar-refractivity contribution in [1.29, 1.82) is 0 Å². The van der Waals surface area contributed by atoms with Crippen LogP contribution >= 0.6 is 0 Å². The quantitative estimate of drug-likeness (QED) is 0.772. The molecule has 2 aromatic rings. The van der Waals surface area contributed by atoms with Gasteiger partial charge < -0.3 is 10.2 Å². The number of hydrogen-bond donors (Lipinski definition) is 2. The van der Waals surface area contributed by atoms with Crippen molar-refractivity contribution in [1.82, 2.24) is 0 Å². The molecule has 0 radical (unpaired) electrons. The highest BCUT2D eigenvalue weighted by atomic mass is 19.4. The molecule has 2 nitrogen and oxygen atoms in total. The van der Waals surface area contributed by atoms with Crippen LogP contribution in [0.5, 0.6) is 11.5 Å². The Hall–Kier alpha value is -2.24. The van der Waals surface area contributed by atoms with Gasteiger partial charge in [0.2, 0.25) is 0 Å². The molecule has 19 heavy (non-hydrogen) atoms. The summed E-state index contributed by atoms with van der Waals surface area (Å²) in [5.74, 6) is -1.71. The number of halogens is 4. The molecule has 2 aromatic carbocycles. The van der Waals surface area contributed by atoms with E-state index >= 15 is 0 Å². The van der Waals surface area contributed by atoms with Gasteiger partial charge >= 0.3 is 6.18 Å². The second-order valence-corrected chi connectivity index (χ2v) is 3.93. The number of aromatic hydroxyl groups is 2. The summed E-state index contributed by atoms with van der Waals surface area (Å²) in [5.41, 5.74) is -1.15. The second kappa shape index (κ2) is 4.46. The molecule has 6 heteroatoms. The van der Waals surface area contributed by atoms with Crippen molar-refractivity contribution in [2.45, 2.75) is 6.18 Å². The van der Waals surface area contributed by atoms with Gasteiger partial charge in [0.05, 0.1) is 5.56 Å². The summed E-state index contributed by atoms with van der Waals surface area (Å²) in [6.07, 6.45) is -4.62. The molecule has 0 bridgehead atoms. The van der Waals surface area contributed by atoms with Gasteiger partial charge in [-0.25, -0.2) is 4.39 Å². The van der Waals surface area contributed by atoms with Crippen LogP contribution in [-0.2, 0) is 6.18 Å². The second-order valence-electron chi connectivity index (χ2n) is 3.93. The number of phenolic OH excluding ortho intramolecular Hbond substituents is 2. The van der Waals surface area contributed by atoms with E-state index < -0.39 is 17.6 Å². The van der Waals surface area contributed by atoms with Crippen LogP contribution in [0.1, 0.15) is 5.56 Å². The zero-order chi connectivity index (χ0) is 14.2. The Morgan fingerprint density at radius 1 is 0.842 bits per heavy atom. The molecule has 0 aliphatic rings. The minimum Gasteiger partial charge on any atom is -0.508 e. The third-order valence-corrected chi connectivity index (χ3v) is 2.51. The van der Waals surface area contributed by atoms with E-state index in [1.54, 1.807) is 0 Å². The molecule has 0 saturated heterocycles. The molecule has 0 amide bonds. The van der Waals surface area contributed by atoms with Crippen LogP contribution in [-0.4, -0.2) is 10.2 Å². The third-order valence-electron chi connectivity index (χ3n) is 2.51. The summed E-state index contributed by atoms with van der Waals surface area (Å²) >= 11 is 0. The van der Waals surface area contributed by atoms with Crippen molar-refractivity contribution in [3.05, 3.63) is 47.8 Å². The third kappa shape index (κ3) is 2.78. The molecule has 100 valence electrons. The van der Waals surface area contributed by atoms with E-state index in [1.807, 2.05) is 0 Å². The van der Waals surface area contributed by atoms with E-state index in [4.69, 9.17) is 0 Å². The van der Waals surface area contributed by atoms with Crippen LogP contribution in [0.3, 0.4) is 0 Å². The molecule has 0 atom stereocenters. The van der Waals surface area contributed by atoms with Crippen molar-refractivity contribution in [3.8, 4) is 22.6 Å². The van der Waals surface area contributed by atoms with E-state index in [0.717, 1.165) is 30.3 Å². The highest BCUT2D eigenvalue weighted by Gasteiger charge is 2.31. The Morgan fingerprint density at radius 2 is 1.42 bits per heavy atom. The fraction of sp³-hybridized carbons (Fsp3) is 0.0769. The first-order valence-corrected chi connectivity index (χ1v) is 5.17. The Bertz CT molecular complexity index is 600. The summed E-state index contributed by atoms with van der Waals surface area (Å²) in [5, 5.41) is 18.5. The smallest absolute Gasteiger partial charge is 0.416 e. The van der Waals surface area contributed by atoms with Crippen LogP contribution in [0.2, 0.25) is 0 Å². The monoisotopic (exact) mass is 272 g/mol. The van der Waals surface area contributed by atoms with Crippen molar-refractivity contribution in [2.75, 3.05) is 0 Å². The molecule has 2 rings (SSSR count). The van der Waals surface area contributed by atoms with Gasteiger partial charge in [0.25, 0.3) is 0 Å². The lowest BCUT2D eigenvalue weighted by Gasteiger charge is -2.10. The van der Waals surface area contributed by atoms with Crippen molar-refractivity contribution in [3.63, 3.8) is 0 Å². The van der Waals surface area contributed by atoms with Crippen LogP contribution in [0.25, 0.3) is 11.1 Å². The summed E-state index contributed by atoms with van der Waals surface area (Å²) in [7, 11) is 0. The number of hydrogen-bond acceptors (Lipinski definition) is 2. The van der Waals surface area contributed by atoms with Gasteiger partial charge in [-0.15, -0.1) is 0 Å². The van der Waals surface area contributed by atoms with Gasteiger partial charge in [-0.3, -0.25) is 0 Å². The molecular formula is C13H8F4O2. The van der Waals surface area contributed by atoms with Crippen LogP contribution in [0, 0.1) is 5.82 Å². The predicted molar refractivity (Wildman–Crippen MR) is 60.2 cm³/mol. The summed E-state index contributed by atoms with van der Waals surface area (Å²) < 4.78 is 50.8. The van der Waals surface area contributed by atoms with Crippen molar-refractivity contribution >= 4 is 0 Å². The Labute approximate surface area is 105 Å². The largest absolute Gasteiger partial charge is 0.508 e. The van der Waals surface area contributed by atoms with E-state index in [0.29, 0.717) is 6.07 Å². The normalized spacial score (nSPS) is 11.6. The van der Waals surface area contributed by atoms with Gasteiger partial charge in [-0.05, 0) is 29.8 Å². The van der Waals surface area contributed by atoms with E-state index in [9.17, 15) is 27.8 Å². The zero-order valence-electron chi connectivity index (χ0n) is 9.37. The number of phenols is 2. The van der Waals surface area contributed by atoms with Crippen LogP contribution in [0.4, 0.5) is 17.6 Å². The highest BCUT2D eigenvalue weighted by Crippen LogP contribution is 2.34. The minimum atomic E-state index is -4.62. The summed E-state index contributed by atoms with van der Waals surface area (Å²) in [4.78, 5) is 0. The predicted octanol–water partition coefficient (Wildman–Crippen LogP) is 3.92. The van der Waals surface area contributed by atoms with Gasteiger partial charge in [0.1, 0.15) is 17.3 Å². The molecule has 0 heterocycles. The minimum absolute atomic E-state index is 0.0868. The average Bonchev–Trinajstić information content (AvgIpc) is 2.26. The molecule has 0 fully saturated rings. The fourth-order valence-electron chi connectivity index (χ4n) is 1.68. The van der Waals surface area contributed by atoms with E-state index in [-0.39, 0.29) is 22.6 Å². The maximum absolute atomic E-state index is 13.7. The molecule has 0 aliphatic heterocycles. The van der Waals surface area contributed by atoms with Gasteiger partial charge in [-0.1, -0.05) is 6.07 Å². The summed E-state index contributed by atoms with van der Waals surface area (Å²) in [6, 6.07) is 5.38. The summed E-state index contributed by atoms with van der Waals surface area (Å²) in [6.45, 7) is 0. The number of alkyl halides is 3. The Balaban J connectivity index is 2.52. The van der Waals surface area contributed by atoms with E-state index in [1.165, 1.54) is 0 Å². The molecular weight excluding hydrogens is 264 g/mol. The Kier molecular flexibility index (Phi) is 3.09. The lowest BCUT2D eigenvalue weighted by molar-refractivity contribution is -0.137. The highest BCUT2D eigenvalue weighted by molar-refractivity contribution is 5.68. The fourth-order valence-corrected chi connectivity index (χ4v) is 1.68. The van der Waals surface area contributed by atoms with Crippen LogP contribution < -0.4 is 0 Å². The first kappa shape index (κ1) is 13.2. The maximum Gasteiger partial charge on any atom is 0.416 e. The van der Waals surface area contributed by atoms with E-state index in [2.05, 4.69) is 0 Å². The average molecular weight is 272 g/mol. The molecule has 0 aromatic heterocycles. The SMILES string of the molecule is Oc1cc(O)cc(-c2ccc(C(F)(F)F)cc2F)c1.